The van der Waals surface area contributed by atoms with Crippen molar-refractivity contribution >= 4 is 16.8 Å². The van der Waals surface area contributed by atoms with Gasteiger partial charge >= 0.3 is 5.69 Å². The molecule has 2 heterocycles. The minimum Gasteiger partial charge on any atom is -0.493 e. The maximum atomic E-state index is 12.9. The van der Waals surface area contributed by atoms with Crippen molar-refractivity contribution in [2.24, 2.45) is 0 Å². The zero-order valence-corrected chi connectivity index (χ0v) is 17.4. The molecule has 1 atom stereocenters. The Bertz CT molecular complexity index is 1260. The summed E-state index contributed by atoms with van der Waals surface area (Å²) in [5.74, 6) is 0.542. The summed E-state index contributed by atoms with van der Waals surface area (Å²) in [5.41, 5.74) is 2.76. The molecule has 30 heavy (non-hydrogen) atoms. The van der Waals surface area contributed by atoms with E-state index in [-0.39, 0.29) is 30.6 Å². The quantitative estimate of drug-likeness (QED) is 0.720. The van der Waals surface area contributed by atoms with Crippen LogP contribution < -0.4 is 21.3 Å². The monoisotopic (exact) mass is 407 g/mol. The highest BCUT2D eigenvalue weighted by molar-refractivity contribution is 5.82. The van der Waals surface area contributed by atoms with Crippen LogP contribution in [0, 0.1) is 13.8 Å². The molecule has 1 unspecified atom stereocenters. The summed E-state index contributed by atoms with van der Waals surface area (Å²) in [4.78, 5) is 38.4. The number of hydrogen-bond donors (Lipinski definition) is 1. The van der Waals surface area contributed by atoms with E-state index in [1.54, 1.807) is 31.2 Å². The van der Waals surface area contributed by atoms with Crippen LogP contribution in [0.25, 0.3) is 10.9 Å². The average Bonchev–Trinajstić information content (AvgIpc) is 2.72. The van der Waals surface area contributed by atoms with E-state index in [1.165, 1.54) is 4.57 Å². The topological polar surface area (TPSA) is 82.3 Å². The Balaban J connectivity index is 1.68. The minimum absolute atomic E-state index is 0.156. The maximum Gasteiger partial charge on any atom is 0.331 e. The number of aryl methyl sites for hydroxylation is 2. The number of carbonyl (C=O) groups excluding carboxylic acids is 1. The van der Waals surface area contributed by atoms with Crippen LogP contribution in [0.15, 0.2) is 46.0 Å². The third-order valence-corrected chi connectivity index (χ3v) is 5.56. The summed E-state index contributed by atoms with van der Waals surface area (Å²) < 4.78 is 8.35. The van der Waals surface area contributed by atoms with Crippen molar-refractivity contribution in [1.82, 2.24) is 14.5 Å². The van der Waals surface area contributed by atoms with Crippen molar-refractivity contribution in [3.63, 3.8) is 0 Å². The largest absolute Gasteiger partial charge is 0.493 e. The lowest BCUT2D eigenvalue weighted by Gasteiger charge is -2.28. The Kier molecular flexibility index (Phi) is 5.20. The fourth-order valence-corrected chi connectivity index (χ4v) is 4.21. The van der Waals surface area contributed by atoms with Crippen LogP contribution in [0.5, 0.6) is 5.75 Å². The molecular formula is C23H25N3O4. The molecule has 0 saturated carbocycles. The molecule has 4 rings (SSSR count). The van der Waals surface area contributed by atoms with Crippen LogP contribution >= 0.6 is 0 Å². The van der Waals surface area contributed by atoms with Crippen LogP contribution in [-0.2, 0) is 17.9 Å². The van der Waals surface area contributed by atoms with Crippen molar-refractivity contribution in [1.29, 1.82) is 0 Å². The predicted octanol–water partition coefficient (Wildman–Crippen LogP) is 2.44. The first-order valence-electron chi connectivity index (χ1n) is 10.2. The number of amides is 1. The fourth-order valence-electron chi connectivity index (χ4n) is 4.21. The second-order valence-electron chi connectivity index (χ2n) is 7.69. The Hall–Kier alpha value is -3.35. The van der Waals surface area contributed by atoms with Gasteiger partial charge in [-0.15, -0.1) is 0 Å². The van der Waals surface area contributed by atoms with Gasteiger partial charge < -0.3 is 10.1 Å². The van der Waals surface area contributed by atoms with Gasteiger partial charge in [-0.1, -0.05) is 29.8 Å². The van der Waals surface area contributed by atoms with Gasteiger partial charge in [-0.05, 0) is 38.5 Å². The first-order valence-corrected chi connectivity index (χ1v) is 10.2. The maximum absolute atomic E-state index is 12.9. The van der Waals surface area contributed by atoms with E-state index in [1.807, 2.05) is 19.9 Å². The lowest BCUT2D eigenvalue weighted by molar-refractivity contribution is -0.122. The highest BCUT2D eigenvalue weighted by Gasteiger charge is 2.25. The molecule has 1 aromatic heterocycles. The molecule has 0 bridgehead atoms. The zero-order chi connectivity index (χ0) is 21.4. The van der Waals surface area contributed by atoms with Crippen LogP contribution in [0.2, 0.25) is 0 Å². The average molecular weight is 407 g/mol. The van der Waals surface area contributed by atoms with Gasteiger partial charge in [0.15, 0.2) is 0 Å². The van der Waals surface area contributed by atoms with Crippen molar-refractivity contribution in [2.75, 3.05) is 6.61 Å². The number of para-hydroxylation sites is 1. The third kappa shape index (κ3) is 3.40. The van der Waals surface area contributed by atoms with E-state index in [0.29, 0.717) is 23.9 Å². The van der Waals surface area contributed by atoms with Gasteiger partial charge in [-0.2, -0.15) is 0 Å². The number of fused-ring (bicyclic) bond motifs is 2. The van der Waals surface area contributed by atoms with Crippen molar-refractivity contribution < 1.29 is 9.53 Å². The van der Waals surface area contributed by atoms with Gasteiger partial charge in [0.2, 0.25) is 5.91 Å². The second-order valence-corrected chi connectivity index (χ2v) is 7.69. The summed E-state index contributed by atoms with van der Waals surface area (Å²) in [5, 5.41) is 3.48. The molecule has 2 aromatic carbocycles. The molecule has 7 heteroatoms. The van der Waals surface area contributed by atoms with Gasteiger partial charge in [0.1, 0.15) is 12.3 Å². The summed E-state index contributed by atoms with van der Waals surface area (Å²) in [7, 11) is 0. The highest BCUT2D eigenvalue weighted by Crippen LogP contribution is 2.35. The molecule has 3 aromatic rings. The van der Waals surface area contributed by atoms with Gasteiger partial charge in [-0.25, -0.2) is 4.79 Å². The summed E-state index contributed by atoms with van der Waals surface area (Å²) in [6.07, 6.45) is 0.658. The molecule has 1 N–H and O–H groups in total. The fraction of sp³-hybridized carbons (Fsp3) is 0.348. The molecule has 0 fully saturated rings. The van der Waals surface area contributed by atoms with Crippen LogP contribution in [0.1, 0.15) is 36.1 Å². The van der Waals surface area contributed by atoms with Gasteiger partial charge in [0.05, 0.1) is 23.6 Å². The van der Waals surface area contributed by atoms with Gasteiger partial charge in [0, 0.05) is 18.5 Å². The number of carbonyl (C=O) groups is 1. The number of nitrogens with zero attached hydrogens (tertiary/aromatic N) is 2. The Morgan fingerprint density at radius 1 is 1.17 bits per heavy atom. The summed E-state index contributed by atoms with van der Waals surface area (Å²) >= 11 is 0. The first kappa shape index (κ1) is 19.9. The predicted molar refractivity (Wildman–Crippen MR) is 115 cm³/mol. The molecule has 1 amide bonds. The SMILES string of the molecule is CCn1c(=O)c2ccccc2n(CC(=O)NC2CCOc3c(C)cc(C)cc32)c1=O. The van der Waals surface area contributed by atoms with E-state index < -0.39 is 5.69 Å². The molecule has 0 spiro atoms. The van der Waals surface area contributed by atoms with Crippen molar-refractivity contribution in [3.05, 3.63) is 73.9 Å². The normalized spacial score (nSPS) is 15.5. The van der Waals surface area contributed by atoms with Crippen molar-refractivity contribution in [2.45, 2.75) is 46.3 Å². The Morgan fingerprint density at radius 2 is 1.93 bits per heavy atom. The smallest absolute Gasteiger partial charge is 0.331 e. The molecule has 0 radical (unpaired) electrons. The van der Waals surface area contributed by atoms with Crippen LogP contribution in [0.4, 0.5) is 0 Å². The Labute approximate surface area is 173 Å². The molecule has 156 valence electrons. The molecule has 0 saturated heterocycles. The van der Waals surface area contributed by atoms with Crippen LogP contribution in [-0.4, -0.2) is 21.6 Å². The number of aromatic nitrogens is 2. The van der Waals surface area contributed by atoms with E-state index in [9.17, 15) is 14.4 Å². The molecular weight excluding hydrogens is 382 g/mol. The van der Waals surface area contributed by atoms with E-state index in [4.69, 9.17) is 4.74 Å². The second kappa shape index (κ2) is 7.82. The van der Waals surface area contributed by atoms with Gasteiger partial charge in [-0.3, -0.25) is 18.7 Å². The van der Waals surface area contributed by atoms with Crippen LogP contribution in [0.3, 0.4) is 0 Å². The van der Waals surface area contributed by atoms with E-state index in [2.05, 4.69) is 11.4 Å². The number of hydrogen-bond acceptors (Lipinski definition) is 4. The number of rotatable bonds is 4. The number of ether oxygens (including phenoxy) is 1. The zero-order valence-electron chi connectivity index (χ0n) is 17.4. The minimum atomic E-state index is -0.476. The Morgan fingerprint density at radius 3 is 2.70 bits per heavy atom. The molecule has 0 aliphatic carbocycles. The van der Waals surface area contributed by atoms with Crippen molar-refractivity contribution in [3.8, 4) is 5.75 Å². The first-order chi connectivity index (χ1) is 14.4. The lowest BCUT2D eigenvalue weighted by atomic mass is 9.95. The standard InChI is InChI=1S/C23H25N3O4/c1-4-25-22(28)16-7-5-6-8-19(16)26(23(25)29)13-20(27)24-18-9-10-30-21-15(3)11-14(2)12-17(18)21/h5-8,11-12,18H,4,9-10,13H2,1-3H3,(H,24,27). The molecule has 1 aliphatic heterocycles. The molecule has 7 nitrogen and oxygen atoms in total. The molecule has 1 aliphatic rings. The highest BCUT2D eigenvalue weighted by atomic mass is 16.5. The lowest BCUT2D eigenvalue weighted by Crippen LogP contribution is -2.43. The van der Waals surface area contributed by atoms with E-state index in [0.717, 1.165) is 27.0 Å². The summed E-state index contributed by atoms with van der Waals surface area (Å²) in [6, 6.07) is 10.8. The van der Waals surface area contributed by atoms with Gasteiger partial charge in [0.25, 0.3) is 5.56 Å². The number of nitrogens with one attached hydrogen (secondary N) is 1. The summed E-state index contributed by atoms with van der Waals surface area (Å²) in [6.45, 7) is 6.36. The van der Waals surface area contributed by atoms with E-state index >= 15 is 0 Å². The third-order valence-electron chi connectivity index (χ3n) is 5.56. The number of benzene rings is 2.